The molecule has 2 aliphatic rings. The molecule has 2 fully saturated rings. The quantitative estimate of drug-likeness (QED) is 0.854. The van der Waals surface area contributed by atoms with E-state index in [2.05, 4.69) is 10.4 Å². The van der Waals surface area contributed by atoms with Crippen molar-refractivity contribution in [3.05, 3.63) is 18.0 Å². The van der Waals surface area contributed by atoms with E-state index in [0.29, 0.717) is 32.7 Å². The first kappa shape index (κ1) is 16.3. The molecule has 1 N–H and O–H groups in total. The molecule has 0 bridgehead atoms. The maximum atomic E-state index is 12.8. The molecule has 0 radical (unpaired) electrons. The maximum absolute atomic E-state index is 12.8. The number of aryl methyl sites for hydroxylation is 1. The Balaban J connectivity index is 1.59. The third-order valence-electron chi connectivity index (χ3n) is 4.76. The van der Waals surface area contributed by atoms with Crippen molar-refractivity contribution in [1.82, 2.24) is 24.9 Å². The maximum Gasteiger partial charge on any atom is 0.251 e. The van der Waals surface area contributed by atoms with E-state index in [9.17, 15) is 13.6 Å². The van der Waals surface area contributed by atoms with Crippen molar-refractivity contribution in [3.8, 4) is 0 Å². The summed E-state index contributed by atoms with van der Waals surface area (Å²) >= 11 is 0. The lowest BCUT2D eigenvalue weighted by Gasteiger charge is -2.36. The first-order valence-corrected chi connectivity index (χ1v) is 8.03. The van der Waals surface area contributed by atoms with Gasteiger partial charge in [-0.1, -0.05) is 0 Å². The molecule has 3 heterocycles. The molecule has 2 aliphatic heterocycles. The van der Waals surface area contributed by atoms with Gasteiger partial charge in [-0.3, -0.25) is 14.4 Å². The predicted molar refractivity (Wildman–Crippen MR) is 81.3 cm³/mol. The number of hydrogen-bond donors (Lipinski definition) is 1. The van der Waals surface area contributed by atoms with Crippen LogP contribution in [0.2, 0.25) is 0 Å². The highest BCUT2D eigenvalue weighted by Gasteiger charge is 2.37. The van der Waals surface area contributed by atoms with Crippen LogP contribution in [0.15, 0.2) is 12.4 Å². The minimum absolute atomic E-state index is 0.0964. The topological polar surface area (TPSA) is 53.4 Å². The molecule has 8 heteroatoms. The van der Waals surface area contributed by atoms with Crippen molar-refractivity contribution in [2.24, 2.45) is 13.0 Å². The lowest BCUT2D eigenvalue weighted by molar-refractivity contribution is -0.137. The van der Waals surface area contributed by atoms with Crippen LogP contribution < -0.4 is 5.32 Å². The van der Waals surface area contributed by atoms with Crippen LogP contribution in [0.4, 0.5) is 8.78 Å². The Kier molecular flexibility index (Phi) is 4.91. The van der Waals surface area contributed by atoms with Crippen molar-refractivity contribution < 1.29 is 13.6 Å². The smallest absolute Gasteiger partial charge is 0.251 e. The predicted octanol–water partition coefficient (Wildman–Crippen LogP) is 0.132. The van der Waals surface area contributed by atoms with Crippen molar-refractivity contribution in [1.29, 1.82) is 0 Å². The van der Waals surface area contributed by atoms with Crippen LogP contribution in [0.25, 0.3) is 0 Å². The van der Waals surface area contributed by atoms with E-state index in [-0.39, 0.29) is 24.3 Å². The van der Waals surface area contributed by atoms with Gasteiger partial charge in [0.1, 0.15) is 0 Å². The Morgan fingerprint density at radius 2 is 2.09 bits per heavy atom. The number of carbonyl (C=O) groups excluding carboxylic acids is 1. The fourth-order valence-electron chi connectivity index (χ4n) is 3.50. The van der Waals surface area contributed by atoms with Gasteiger partial charge in [0.05, 0.1) is 18.7 Å². The number of rotatable bonds is 4. The molecular weight excluding hydrogens is 304 g/mol. The van der Waals surface area contributed by atoms with E-state index in [0.717, 1.165) is 12.1 Å². The number of halogens is 2. The lowest BCUT2D eigenvalue weighted by atomic mass is 9.89. The Morgan fingerprint density at radius 1 is 1.35 bits per heavy atom. The molecule has 0 aliphatic carbocycles. The van der Waals surface area contributed by atoms with Gasteiger partial charge in [0.15, 0.2) is 0 Å². The van der Waals surface area contributed by atoms with Crippen molar-refractivity contribution in [2.45, 2.75) is 12.3 Å². The molecule has 0 saturated carbocycles. The zero-order chi connectivity index (χ0) is 16.4. The average Bonchev–Trinajstić information content (AvgIpc) is 3.15. The number of amides is 1. The van der Waals surface area contributed by atoms with E-state index in [1.165, 1.54) is 0 Å². The fourth-order valence-corrected chi connectivity index (χ4v) is 3.50. The number of piperazine rings is 1. The molecule has 0 unspecified atom stereocenters. The monoisotopic (exact) mass is 327 g/mol. The highest BCUT2D eigenvalue weighted by atomic mass is 19.3. The first-order chi connectivity index (χ1) is 11.0. The number of aromatic nitrogens is 2. The molecule has 3 rings (SSSR count). The third kappa shape index (κ3) is 3.69. The van der Waals surface area contributed by atoms with E-state index < -0.39 is 6.43 Å². The Bertz CT molecular complexity index is 542. The van der Waals surface area contributed by atoms with Crippen LogP contribution >= 0.6 is 0 Å². The van der Waals surface area contributed by atoms with Gasteiger partial charge in [0.2, 0.25) is 5.91 Å². The fraction of sp³-hybridized carbons (Fsp3) is 0.733. The van der Waals surface area contributed by atoms with Gasteiger partial charge in [-0.25, -0.2) is 8.78 Å². The van der Waals surface area contributed by atoms with E-state index >= 15 is 0 Å². The Morgan fingerprint density at radius 3 is 2.70 bits per heavy atom. The van der Waals surface area contributed by atoms with Crippen molar-refractivity contribution in [3.63, 3.8) is 0 Å². The average molecular weight is 327 g/mol. The summed E-state index contributed by atoms with van der Waals surface area (Å²) in [6, 6.07) is 0. The number of hydrogen-bond acceptors (Lipinski definition) is 4. The SMILES string of the molecule is Cn1cc([C@H]2CNC[C@@H]2C(=O)N2CCN(CC(F)F)CC2)cn1. The summed E-state index contributed by atoms with van der Waals surface area (Å²) in [5, 5.41) is 7.48. The van der Waals surface area contributed by atoms with Gasteiger partial charge in [0.25, 0.3) is 6.43 Å². The van der Waals surface area contributed by atoms with Crippen LogP contribution in [-0.4, -0.2) is 77.7 Å². The Labute approximate surface area is 134 Å². The molecule has 0 spiro atoms. The van der Waals surface area contributed by atoms with Crippen molar-refractivity contribution in [2.75, 3.05) is 45.8 Å². The minimum Gasteiger partial charge on any atom is -0.340 e. The highest BCUT2D eigenvalue weighted by molar-refractivity contribution is 5.80. The van der Waals surface area contributed by atoms with E-state index in [1.54, 1.807) is 9.58 Å². The first-order valence-electron chi connectivity index (χ1n) is 8.03. The Hall–Kier alpha value is -1.54. The van der Waals surface area contributed by atoms with Gasteiger partial charge < -0.3 is 10.2 Å². The zero-order valence-electron chi connectivity index (χ0n) is 13.3. The van der Waals surface area contributed by atoms with Crippen LogP contribution in [0.3, 0.4) is 0 Å². The summed E-state index contributed by atoms with van der Waals surface area (Å²) in [7, 11) is 1.87. The molecule has 1 aromatic rings. The molecule has 6 nitrogen and oxygen atoms in total. The van der Waals surface area contributed by atoms with Gasteiger partial charge in [-0.05, 0) is 5.56 Å². The van der Waals surface area contributed by atoms with Gasteiger partial charge in [-0.2, -0.15) is 5.10 Å². The van der Waals surface area contributed by atoms with Crippen LogP contribution in [0.5, 0.6) is 0 Å². The number of alkyl halides is 2. The van der Waals surface area contributed by atoms with Crippen molar-refractivity contribution >= 4 is 5.91 Å². The van der Waals surface area contributed by atoms with Crippen LogP contribution in [-0.2, 0) is 11.8 Å². The number of nitrogens with one attached hydrogen (secondary N) is 1. The summed E-state index contributed by atoms with van der Waals surface area (Å²) < 4.78 is 26.6. The molecule has 2 atom stereocenters. The molecule has 2 saturated heterocycles. The molecule has 1 amide bonds. The lowest BCUT2D eigenvalue weighted by Crippen LogP contribution is -2.51. The summed E-state index contributed by atoms with van der Waals surface area (Å²) in [6.07, 6.45) is 1.46. The standard InChI is InChI=1S/C15H23F2N5O/c1-20-9-11(6-19-20)12-7-18-8-13(12)15(23)22-4-2-21(3-5-22)10-14(16)17/h6,9,12-14,18H,2-5,7-8,10H2,1H3/t12-,13+/m1/s1. The minimum atomic E-state index is -2.31. The van der Waals surface area contributed by atoms with Gasteiger partial charge in [-0.15, -0.1) is 0 Å². The van der Waals surface area contributed by atoms with Gasteiger partial charge >= 0.3 is 0 Å². The van der Waals surface area contributed by atoms with Crippen LogP contribution in [0.1, 0.15) is 11.5 Å². The normalized spacial score (nSPS) is 26.2. The largest absolute Gasteiger partial charge is 0.340 e. The highest BCUT2D eigenvalue weighted by Crippen LogP contribution is 2.29. The number of carbonyl (C=O) groups is 1. The second-order valence-corrected chi connectivity index (χ2v) is 6.34. The number of nitrogens with zero attached hydrogens (tertiary/aromatic N) is 4. The third-order valence-corrected chi connectivity index (χ3v) is 4.76. The second-order valence-electron chi connectivity index (χ2n) is 6.34. The summed E-state index contributed by atoms with van der Waals surface area (Å²) in [4.78, 5) is 16.4. The van der Waals surface area contributed by atoms with E-state index in [1.807, 2.05) is 24.3 Å². The summed E-state index contributed by atoms with van der Waals surface area (Å²) in [5.41, 5.74) is 1.08. The molecule has 0 aromatic carbocycles. The molecule has 128 valence electrons. The summed E-state index contributed by atoms with van der Waals surface area (Å²) in [5.74, 6) is 0.164. The molecule has 23 heavy (non-hydrogen) atoms. The van der Waals surface area contributed by atoms with E-state index in [4.69, 9.17) is 0 Å². The molecular formula is C15H23F2N5O. The zero-order valence-corrected chi connectivity index (χ0v) is 13.3. The summed E-state index contributed by atoms with van der Waals surface area (Å²) in [6.45, 7) is 3.33. The van der Waals surface area contributed by atoms with Crippen LogP contribution in [0, 0.1) is 5.92 Å². The molecule has 1 aromatic heterocycles. The second kappa shape index (κ2) is 6.92. The van der Waals surface area contributed by atoms with Gasteiger partial charge in [0, 0.05) is 58.4 Å².